The molecule has 8 heteroatoms. The van der Waals surface area contributed by atoms with Gasteiger partial charge in [-0.3, -0.25) is 9.20 Å². The number of nitrogens with zero attached hydrogens (tertiary/aromatic N) is 1. The number of halogens is 3. The van der Waals surface area contributed by atoms with E-state index in [1.54, 1.807) is 0 Å². The summed E-state index contributed by atoms with van der Waals surface area (Å²) in [6.07, 6.45) is 4.66. The highest BCUT2D eigenvalue weighted by atomic mass is 127. The Labute approximate surface area is 185 Å². The van der Waals surface area contributed by atoms with Crippen molar-refractivity contribution in [3.63, 3.8) is 0 Å². The summed E-state index contributed by atoms with van der Waals surface area (Å²) < 4.78 is 40.1. The number of rotatable bonds is 6. The van der Waals surface area contributed by atoms with Gasteiger partial charge < -0.3 is 10.6 Å². The average Bonchev–Trinajstić information content (AvgIpc) is 3.40. The van der Waals surface area contributed by atoms with Crippen molar-refractivity contribution in [2.75, 3.05) is 12.3 Å². The second kappa shape index (κ2) is 10.8. The first kappa shape index (κ1) is 23.5. The van der Waals surface area contributed by atoms with E-state index in [-0.39, 0.29) is 52.8 Å². The summed E-state index contributed by atoms with van der Waals surface area (Å²) in [6.45, 7) is 4.55. The van der Waals surface area contributed by atoms with Gasteiger partial charge in [0.15, 0.2) is 5.96 Å². The Bertz CT molecular complexity index is 698. The summed E-state index contributed by atoms with van der Waals surface area (Å²) in [6, 6.07) is 4.23. The first-order valence-electron chi connectivity index (χ1n) is 9.92. The van der Waals surface area contributed by atoms with Crippen LogP contribution in [-0.4, -0.2) is 39.8 Å². The van der Waals surface area contributed by atoms with E-state index in [9.17, 15) is 13.0 Å². The summed E-state index contributed by atoms with van der Waals surface area (Å²) in [5.74, 6) is 0.256. The molecule has 0 amide bonds. The van der Waals surface area contributed by atoms with E-state index >= 15 is 0 Å². The van der Waals surface area contributed by atoms with E-state index in [0.717, 1.165) is 25.7 Å². The molecular weight excluding hydrogens is 495 g/mol. The van der Waals surface area contributed by atoms with Crippen LogP contribution in [0.5, 0.6) is 0 Å². The third-order valence-electron chi connectivity index (χ3n) is 5.42. The molecule has 0 aliphatic heterocycles. The lowest BCUT2D eigenvalue weighted by Crippen LogP contribution is -2.47. The fraction of sp³-hybridized carbons (Fsp3) is 0.650. The van der Waals surface area contributed by atoms with Gasteiger partial charge in [-0.2, -0.15) is 0 Å². The topological polar surface area (TPSA) is 53.5 Å². The Hall–Kier alpha value is -0.770. The number of hydrogen-bond donors (Lipinski definition) is 2. The molecule has 2 saturated carbocycles. The number of hydrogen-bond acceptors (Lipinski definition) is 2. The maximum absolute atomic E-state index is 14.0. The molecule has 1 aromatic carbocycles. The number of aliphatic imine (C=N–C) groups is 1. The molecule has 0 spiro atoms. The van der Waals surface area contributed by atoms with Crippen LogP contribution in [0.25, 0.3) is 0 Å². The predicted molar refractivity (Wildman–Crippen MR) is 122 cm³/mol. The van der Waals surface area contributed by atoms with Crippen molar-refractivity contribution in [3.05, 3.63) is 35.4 Å². The molecule has 28 heavy (non-hydrogen) atoms. The normalized spacial score (nSPS) is 28.2. The molecule has 0 saturated heterocycles. The second-order valence-electron chi connectivity index (χ2n) is 7.35. The van der Waals surface area contributed by atoms with Gasteiger partial charge in [0.1, 0.15) is 11.6 Å². The SMILES string of the molecule is CCN=C(NC1CCCC(S(=O)CC)C1)NC1CC1c1c(F)cccc1F.I. The molecular formula is C20H30F2IN3OS. The Morgan fingerprint density at radius 2 is 1.89 bits per heavy atom. The third-order valence-corrected chi connectivity index (χ3v) is 7.16. The van der Waals surface area contributed by atoms with Gasteiger partial charge in [0.05, 0.1) is 0 Å². The molecule has 0 aromatic heterocycles. The largest absolute Gasteiger partial charge is 0.354 e. The zero-order valence-corrected chi connectivity index (χ0v) is 19.6. The number of guanidine groups is 1. The molecule has 4 nitrogen and oxygen atoms in total. The number of benzene rings is 1. The molecule has 0 heterocycles. The first-order valence-corrected chi connectivity index (χ1v) is 11.3. The number of nitrogens with one attached hydrogen (secondary N) is 2. The zero-order valence-electron chi connectivity index (χ0n) is 16.4. The molecule has 158 valence electrons. The van der Waals surface area contributed by atoms with Crippen molar-refractivity contribution in [3.8, 4) is 0 Å². The lowest BCUT2D eigenvalue weighted by atomic mass is 9.95. The van der Waals surface area contributed by atoms with Gasteiger partial charge in [0.2, 0.25) is 0 Å². The molecule has 5 atom stereocenters. The van der Waals surface area contributed by atoms with Crippen molar-refractivity contribution in [1.82, 2.24) is 10.6 Å². The molecule has 2 aliphatic rings. The highest BCUT2D eigenvalue weighted by Gasteiger charge is 2.42. The molecule has 2 aliphatic carbocycles. The summed E-state index contributed by atoms with van der Waals surface area (Å²) in [4.78, 5) is 4.49. The molecule has 2 fully saturated rings. The molecule has 1 aromatic rings. The minimum atomic E-state index is -0.771. The molecule has 3 rings (SSSR count). The van der Waals surface area contributed by atoms with Crippen molar-refractivity contribution < 1.29 is 13.0 Å². The van der Waals surface area contributed by atoms with Crippen molar-refractivity contribution in [1.29, 1.82) is 0 Å². The smallest absolute Gasteiger partial charge is 0.191 e. The summed E-state index contributed by atoms with van der Waals surface area (Å²) >= 11 is 0. The fourth-order valence-corrected chi connectivity index (χ4v) is 5.30. The monoisotopic (exact) mass is 525 g/mol. The van der Waals surface area contributed by atoms with Crippen LogP contribution in [-0.2, 0) is 10.8 Å². The van der Waals surface area contributed by atoms with E-state index in [0.29, 0.717) is 24.7 Å². The molecule has 5 unspecified atom stereocenters. The minimum absolute atomic E-state index is 0. The van der Waals surface area contributed by atoms with Crippen LogP contribution in [0.15, 0.2) is 23.2 Å². The highest BCUT2D eigenvalue weighted by molar-refractivity contribution is 14.0. The van der Waals surface area contributed by atoms with Crippen LogP contribution in [0.1, 0.15) is 57.4 Å². The third kappa shape index (κ3) is 5.87. The Kier molecular flexibility index (Phi) is 9.11. The predicted octanol–water partition coefficient (Wildman–Crippen LogP) is 4.07. The average molecular weight is 525 g/mol. The Balaban J connectivity index is 0.00000280. The maximum atomic E-state index is 14.0. The quantitative estimate of drug-likeness (QED) is 0.335. The second-order valence-corrected chi connectivity index (χ2v) is 9.36. The standard InChI is InChI=1S/C20H29F2N3OS.HI/c1-3-23-20(24-13-7-5-8-14(11-13)27(26)4-2)25-18-12-15(18)19-16(21)9-6-10-17(19)22;/h6,9-10,13-15,18H,3-5,7-8,11-12H2,1-2H3,(H2,23,24,25);1H. The van der Waals surface area contributed by atoms with Gasteiger partial charge in [-0.05, 0) is 44.7 Å². The van der Waals surface area contributed by atoms with E-state index in [1.165, 1.54) is 18.2 Å². The lowest BCUT2D eigenvalue weighted by molar-refractivity contribution is 0.413. The van der Waals surface area contributed by atoms with Crippen LogP contribution in [0, 0.1) is 11.6 Å². The van der Waals surface area contributed by atoms with Crippen molar-refractivity contribution >= 4 is 40.7 Å². The molecule has 0 radical (unpaired) electrons. The first-order chi connectivity index (χ1) is 13.0. The fourth-order valence-electron chi connectivity index (χ4n) is 3.95. The molecule has 0 bridgehead atoms. The van der Waals surface area contributed by atoms with Crippen LogP contribution < -0.4 is 10.6 Å². The Morgan fingerprint density at radius 3 is 2.54 bits per heavy atom. The van der Waals surface area contributed by atoms with Gasteiger partial charge in [-0.1, -0.05) is 19.4 Å². The van der Waals surface area contributed by atoms with Gasteiger partial charge in [0, 0.05) is 51.9 Å². The van der Waals surface area contributed by atoms with E-state index < -0.39 is 22.4 Å². The maximum Gasteiger partial charge on any atom is 0.191 e. The van der Waals surface area contributed by atoms with Gasteiger partial charge >= 0.3 is 0 Å². The van der Waals surface area contributed by atoms with E-state index in [4.69, 9.17) is 0 Å². The summed E-state index contributed by atoms with van der Waals surface area (Å²) in [7, 11) is -0.771. The van der Waals surface area contributed by atoms with Crippen LogP contribution in [0.4, 0.5) is 8.78 Å². The van der Waals surface area contributed by atoms with Crippen LogP contribution in [0.2, 0.25) is 0 Å². The minimum Gasteiger partial charge on any atom is -0.354 e. The van der Waals surface area contributed by atoms with Crippen molar-refractivity contribution in [2.45, 2.75) is 69.2 Å². The molecule has 2 N–H and O–H groups in total. The lowest BCUT2D eigenvalue weighted by Gasteiger charge is -2.30. The van der Waals surface area contributed by atoms with Gasteiger partial charge in [-0.25, -0.2) is 8.78 Å². The van der Waals surface area contributed by atoms with Gasteiger partial charge in [-0.15, -0.1) is 24.0 Å². The summed E-state index contributed by atoms with van der Waals surface area (Å²) in [5.41, 5.74) is 0.168. The van der Waals surface area contributed by atoms with E-state index in [1.807, 2.05) is 13.8 Å². The zero-order chi connectivity index (χ0) is 19.4. The van der Waals surface area contributed by atoms with E-state index in [2.05, 4.69) is 15.6 Å². The Morgan fingerprint density at radius 1 is 1.18 bits per heavy atom. The summed E-state index contributed by atoms with van der Waals surface area (Å²) in [5, 5.41) is 7.03. The highest BCUT2D eigenvalue weighted by Crippen LogP contribution is 2.43. The van der Waals surface area contributed by atoms with Crippen LogP contribution in [0.3, 0.4) is 0 Å². The van der Waals surface area contributed by atoms with Crippen molar-refractivity contribution in [2.24, 2.45) is 4.99 Å². The van der Waals surface area contributed by atoms with Crippen LogP contribution >= 0.6 is 24.0 Å². The van der Waals surface area contributed by atoms with Gasteiger partial charge in [0.25, 0.3) is 0 Å².